The molecule has 22 heavy (non-hydrogen) atoms. The summed E-state index contributed by atoms with van der Waals surface area (Å²) in [6, 6.07) is 5.87. The van der Waals surface area contributed by atoms with Crippen LogP contribution >= 0.6 is 27.5 Å². The zero-order valence-corrected chi connectivity index (χ0v) is 16.0. The molecular formula is C16H22BBrClNO2. The molecule has 120 valence electrons. The van der Waals surface area contributed by atoms with Gasteiger partial charge in [0, 0.05) is 11.0 Å². The van der Waals surface area contributed by atoms with E-state index in [9.17, 15) is 0 Å². The molecule has 1 aliphatic heterocycles. The van der Waals surface area contributed by atoms with Gasteiger partial charge in [-0.1, -0.05) is 23.7 Å². The van der Waals surface area contributed by atoms with Gasteiger partial charge in [-0.2, -0.15) is 0 Å². The third-order valence-electron chi connectivity index (χ3n) is 4.23. The van der Waals surface area contributed by atoms with Gasteiger partial charge in [-0.15, -0.1) is 0 Å². The van der Waals surface area contributed by atoms with Crippen molar-refractivity contribution in [2.45, 2.75) is 38.9 Å². The second-order valence-corrected chi connectivity index (χ2v) is 7.77. The SMILES string of the molecule is CNCC(=Cc1ccc(Br)c(Cl)c1)B1OC(C)(C)C(C)(C)O1. The summed E-state index contributed by atoms with van der Waals surface area (Å²) in [6.07, 6.45) is 2.07. The molecule has 0 atom stereocenters. The molecule has 1 saturated heterocycles. The van der Waals surface area contributed by atoms with Gasteiger partial charge in [0.15, 0.2) is 0 Å². The van der Waals surface area contributed by atoms with Crippen molar-refractivity contribution in [1.82, 2.24) is 5.32 Å². The fourth-order valence-electron chi connectivity index (χ4n) is 2.22. The molecular weight excluding hydrogens is 364 g/mol. The molecule has 1 aromatic rings. The fraction of sp³-hybridized carbons (Fsp3) is 0.500. The van der Waals surface area contributed by atoms with Crippen molar-refractivity contribution in [3.05, 3.63) is 38.7 Å². The minimum absolute atomic E-state index is 0.345. The summed E-state index contributed by atoms with van der Waals surface area (Å²) >= 11 is 9.58. The minimum atomic E-state index is -0.361. The van der Waals surface area contributed by atoms with E-state index in [4.69, 9.17) is 20.9 Å². The Morgan fingerprint density at radius 1 is 1.27 bits per heavy atom. The summed E-state index contributed by atoms with van der Waals surface area (Å²) < 4.78 is 13.2. The van der Waals surface area contributed by atoms with Crippen molar-refractivity contribution in [2.75, 3.05) is 13.6 Å². The van der Waals surface area contributed by atoms with Gasteiger partial charge in [-0.3, -0.25) is 0 Å². The minimum Gasteiger partial charge on any atom is -0.400 e. The van der Waals surface area contributed by atoms with Crippen LogP contribution < -0.4 is 5.32 Å². The van der Waals surface area contributed by atoms with Gasteiger partial charge in [-0.25, -0.2) is 0 Å². The second kappa shape index (κ2) is 6.66. The average Bonchev–Trinajstić information content (AvgIpc) is 2.62. The second-order valence-electron chi connectivity index (χ2n) is 6.51. The molecule has 0 aromatic heterocycles. The molecule has 1 N–H and O–H groups in total. The number of hydrogen-bond donors (Lipinski definition) is 1. The Balaban J connectivity index is 2.31. The zero-order valence-electron chi connectivity index (χ0n) is 13.7. The maximum absolute atomic E-state index is 6.17. The van der Waals surface area contributed by atoms with Crippen molar-refractivity contribution in [1.29, 1.82) is 0 Å². The standard InChI is InChI=1S/C16H22BBrClNO2/c1-15(2)16(3,4)22-17(21-15)12(10-20-5)8-11-6-7-13(18)14(19)9-11/h6-9,20H,10H2,1-5H3. The lowest BCUT2D eigenvalue weighted by Crippen LogP contribution is -2.41. The number of halogens is 2. The Bertz CT molecular complexity index is 574. The van der Waals surface area contributed by atoms with Gasteiger partial charge in [-0.05, 0) is 73.8 Å². The first-order valence-electron chi connectivity index (χ1n) is 7.32. The highest BCUT2D eigenvalue weighted by molar-refractivity contribution is 9.10. The van der Waals surface area contributed by atoms with E-state index in [-0.39, 0.29) is 18.3 Å². The van der Waals surface area contributed by atoms with E-state index in [2.05, 4.69) is 55.0 Å². The van der Waals surface area contributed by atoms with E-state index in [0.717, 1.165) is 15.5 Å². The van der Waals surface area contributed by atoms with Crippen molar-refractivity contribution in [3.8, 4) is 0 Å². The molecule has 0 bridgehead atoms. The molecule has 1 heterocycles. The van der Waals surface area contributed by atoms with Gasteiger partial charge in [0.25, 0.3) is 0 Å². The monoisotopic (exact) mass is 385 g/mol. The summed E-state index contributed by atoms with van der Waals surface area (Å²) in [5.74, 6) is 0. The number of rotatable bonds is 4. The normalized spacial score (nSPS) is 20.5. The number of nitrogens with one attached hydrogen (secondary N) is 1. The van der Waals surface area contributed by atoms with E-state index in [0.29, 0.717) is 11.6 Å². The first kappa shape index (κ1) is 18.0. The number of benzene rings is 1. The van der Waals surface area contributed by atoms with E-state index in [1.54, 1.807) is 0 Å². The molecule has 0 spiro atoms. The zero-order chi connectivity index (χ0) is 16.5. The molecule has 3 nitrogen and oxygen atoms in total. The van der Waals surface area contributed by atoms with Crippen LogP contribution in [-0.4, -0.2) is 31.9 Å². The summed E-state index contributed by atoms with van der Waals surface area (Å²) in [6.45, 7) is 8.91. The summed E-state index contributed by atoms with van der Waals surface area (Å²) in [4.78, 5) is 0. The van der Waals surface area contributed by atoms with Crippen LogP contribution in [0.1, 0.15) is 33.3 Å². The van der Waals surface area contributed by atoms with Crippen molar-refractivity contribution in [2.24, 2.45) is 0 Å². The predicted molar refractivity (Wildman–Crippen MR) is 97.1 cm³/mol. The number of hydrogen-bond acceptors (Lipinski definition) is 3. The van der Waals surface area contributed by atoms with Gasteiger partial charge in [0.1, 0.15) is 0 Å². The van der Waals surface area contributed by atoms with Crippen molar-refractivity contribution < 1.29 is 9.31 Å². The lowest BCUT2D eigenvalue weighted by Gasteiger charge is -2.32. The summed E-state index contributed by atoms with van der Waals surface area (Å²) in [5, 5.41) is 3.86. The number of likely N-dealkylation sites (N-methyl/N-ethyl adjacent to an activating group) is 1. The van der Waals surface area contributed by atoms with Crippen molar-refractivity contribution >= 4 is 40.7 Å². The van der Waals surface area contributed by atoms with Crippen LogP contribution in [0, 0.1) is 0 Å². The van der Waals surface area contributed by atoms with Crippen LogP contribution in [0.4, 0.5) is 0 Å². The van der Waals surface area contributed by atoms with Gasteiger partial charge in [0.05, 0.1) is 16.2 Å². The molecule has 0 saturated carbocycles. The van der Waals surface area contributed by atoms with Crippen LogP contribution in [0.2, 0.25) is 5.02 Å². The van der Waals surface area contributed by atoms with Crippen LogP contribution in [0.15, 0.2) is 28.1 Å². The van der Waals surface area contributed by atoms with E-state index >= 15 is 0 Å². The molecule has 0 radical (unpaired) electrons. The molecule has 0 amide bonds. The Morgan fingerprint density at radius 3 is 2.36 bits per heavy atom. The quantitative estimate of drug-likeness (QED) is 0.781. The molecule has 0 aliphatic carbocycles. The smallest absolute Gasteiger partial charge is 0.400 e. The van der Waals surface area contributed by atoms with E-state index in [1.165, 1.54) is 0 Å². The maximum Gasteiger partial charge on any atom is 0.491 e. The van der Waals surface area contributed by atoms with E-state index in [1.807, 2.05) is 25.2 Å². The average molecular weight is 387 g/mol. The topological polar surface area (TPSA) is 30.5 Å². The lowest BCUT2D eigenvalue weighted by molar-refractivity contribution is 0.00578. The molecule has 0 unspecified atom stereocenters. The molecule has 1 fully saturated rings. The van der Waals surface area contributed by atoms with Crippen LogP contribution in [0.3, 0.4) is 0 Å². The Hall–Kier alpha value is -0.325. The third kappa shape index (κ3) is 3.77. The lowest BCUT2D eigenvalue weighted by atomic mass is 9.77. The molecule has 2 rings (SSSR count). The first-order chi connectivity index (χ1) is 10.2. The molecule has 1 aliphatic rings. The predicted octanol–water partition coefficient (Wildman–Crippen LogP) is 4.34. The Morgan fingerprint density at radius 2 is 1.86 bits per heavy atom. The van der Waals surface area contributed by atoms with Crippen LogP contribution in [-0.2, 0) is 9.31 Å². The van der Waals surface area contributed by atoms with Gasteiger partial charge < -0.3 is 14.6 Å². The molecule has 1 aromatic carbocycles. The fourth-order valence-corrected chi connectivity index (χ4v) is 2.65. The first-order valence-corrected chi connectivity index (χ1v) is 8.49. The highest BCUT2D eigenvalue weighted by atomic mass is 79.9. The summed E-state index contributed by atoms with van der Waals surface area (Å²) in [5.41, 5.74) is 1.37. The van der Waals surface area contributed by atoms with Gasteiger partial charge in [0.2, 0.25) is 0 Å². The largest absolute Gasteiger partial charge is 0.491 e. The van der Waals surface area contributed by atoms with Crippen LogP contribution in [0.5, 0.6) is 0 Å². The third-order valence-corrected chi connectivity index (χ3v) is 5.47. The Labute approximate surface area is 146 Å². The Kier molecular flexibility index (Phi) is 5.45. The summed E-state index contributed by atoms with van der Waals surface area (Å²) in [7, 11) is 1.55. The van der Waals surface area contributed by atoms with Crippen LogP contribution in [0.25, 0.3) is 6.08 Å². The highest BCUT2D eigenvalue weighted by Crippen LogP contribution is 2.38. The highest BCUT2D eigenvalue weighted by Gasteiger charge is 2.52. The maximum atomic E-state index is 6.17. The van der Waals surface area contributed by atoms with E-state index < -0.39 is 0 Å². The van der Waals surface area contributed by atoms with Gasteiger partial charge >= 0.3 is 7.12 Å². The van der Waals surface area contributed by atoms with Crippen molar-refractivity contribution in [3.63, 3.8) is 0 Å². The molecule has 6 heteroatoms.